The molecule has 1 aliphatic rings. The Morgan fingerprint density at radius 3 is 2.67 bits per heavy atom. The summed E-state index contributed by atoms with van der Waals surface area (Å²) in [5.41, 5.74) is 1.54. The molecule has 2 atom stereocenters. The van der Waals surface area contributed by atoms with Crippen molar-refractivity contribution in [2.75, 3.05) is 5.75 Å². The van der Waals surface area contributed by atoms with Crippen molar-refractivity contribution in [2.24, 2.45) is 0 Å². The van der Waals surface area contributed by atoms with Gasteiger partial charge in [-0.2, -0.15) is 0 Å². The van der Waals surface area contributed by atoms with Crippen LogP contribution in [0.1, 0.15) is 41.7 Å². The second-order valence-corrected chi connectivity index (χ2v) is 8.08. The molecule has 0 radical (unpaired) electrons. The van der Waals surface area contributed by atoms with Crippen LogP contribution < -0.4 is 10.6 Å². The Morgan fingerprint density at radius 1 is 1.29 bits per heavy atom. The maximum atomic E-state index is 12.3. The Bertz CT molecular complexity index is 886. The molecule has 6 nitrogen and oxygen atoms in total. The summed E-state index contributed by atoms with van der Waals surface area (Å²) in [7, 11) is -3.34. The zero-order chi connectivity index (χ0) is 17.5. The van der Waals surface area contributed by atoms with Crippen LogP contribution in [-0.2, 0) is 9.84 Å². The second-order valence-electron chi connectivity index (χ2n) is 6.08. The Morgan fingerprint density at radius 2 is 2.00 bits per heavy atom. The average molecular weight is 348 g/mol. The SMILES string of the molecule is Cc1cc([C@H](C)NC(=O)N[C@@H]2CS(=O)(=O)c3ccccc32)c(C)o1. The van der Waals surface area contributed by atoms with Crippen molar-refractivity contribution in [3.8, 4) is 0 Å². The zero-order valence-electron chi connectivity index (χ0n) is 13.8. The van der Waals surface area contributed by atoms with E-state index < -0.39 is 21.9 Å². The molecular weight excluding hydrogens is 328 g/mol. The van der Waals surface area contributed by atoms with E-state index in [1.165, 1.54) is 0 Å². The van der Waals surface area contributed by atoms with Gasteiger partial charge in [0, 0.05) is 5.56 Å². The number of nitrogens with one attached hydrogen (secondary N) is 2. The van der Waals surface area contributed by atoms with Gasteiger partial charge in [-0.1, -0.05) is 18.2 Å². The summed E-state index contributed by atoms with van der Waals surface area (Å²) in [5.74, 6) is 1.43. The number of fused-ring (bicyclic) bond motifs is 1. The Balaban J connectivity index is 1.71. The van der Waals surface area contributed by atoms with E-state index >= 15 is 0 Å². The van der Waals surface area contributed by atoms with Crippen LogP contribution in [0.15, 0.2) is 39.6 Å². The normalized spacial score (nSPS) is 19.5. The standard InChI is InChI=1S/C17H20N2O4S/c1-10-8-14(12(3)23-10)11(2)18-17(20)19-15-9-24(21,22)16-7-5-4-6-13(15)16/h4-8,11,15H,9H2,1-3H3,(H2,18,19,20)/t11-,15+/m0/s1. The largest absolute Gasteiger partial charge is 0.466 e. The van der Waals surface area contributed by atoms with Gasteiger partial charge >= 0.3 is 6.03 Å². The first-order valence-corrected chi connectivity index (χ1v) is 9.39. The maximum Gasteiger partial charge on any atom is 0.315 e. The zero-order valence-corrected chi connectivity index (χ0v) is 14.6. The molecule has 1 aliphatic heterocycles. The minimum absolute atomic E-state index is 0.113. The topological polar surface area (TPSA) is 88.4 Å². The number of carbonyl (C=O) groups excluding carboxylic acids is 1. The molecule has 0 unspecified atom stereocenters. The summed E-state index contributed by atoms with van der Waals surface area (Å²) in [6, 6.07) is 7.47. The summed E-state index contributed by atoms with van der Waals surface area (Å²) in [4.78, 5) is 12.6. The third kappa shape index (κ3) is 3.03. The molecule has 2 amide bonds. The number of sulfone groups is 1. The van der Waals surface area contributed by atoms with Crippen LogP contribution in [0, 0.1) is 13.8 Å². The molecule has 0 saturated carbocycles. The van der Waals surface area contributed by atoms with Crippen molar-refractivity contribution in [3.05, 3.63) is 53.0 Å². The molecule has 0 aliphatic carbocycles. The monoisotopic (exact) mass is 348 g/mol. The van der Waals surface area contributed by atoms with Gasteiger partial charge in [-0.25, -0.2) is 13.2 Å². The van der Waals surface area contributed by atoms with Gasteiger partial charge in [0.15, 0.2) is 9.84 Å². The molecule has 2 aromatic rings. The molecule has 2 heterocycles. The highest BCUT2D eigenvalue weighted by molar-refractivity contribution is 7.91. The number of aryl methyl sites for hydroxylation is 2. The van der Waals surface area contributed by atoms with Crippen LogP contribution >= 0.6 is 0 Å². The molecule has 0 bridgehead atoms. The lowest BCUT2D eigenvalue weighted by Crippen LogP contribution is -2.39. The number of rotatable bonds is 3. The predicted octanol–water partition coefficient (Wildman–Crippen LogP) is 2.79. The molecule has 2 N–H and O–H groups in total. The predicted molar refractivity (Wildman–Crippen MR) is 89.5 cm³/mol. The van der Waals surface area contributed by atoms with E-state index in [0.717, 1.165) is 17.1 Å². The molecule has 24 heavy (non-hydrogen) atoms. The number of hydrogen-bond donors (Lipinski definition) is 2. The third-order valence-corrected chi connectivity index (χ3v) is 6.03. The molecule has 0 saturated heterocycles. The van der Waals surface area contributed by atoms with Gasteiger partial charge in [0.25, 0.3) is 0 Å². The van der Waals surface area contributed by atoms with E-state index in [4.69, 9.17) is 4.42 Å². The van der Waals surface area contributed by atoms with Crippen LogP contribution in [0.3, 0.4) is 0 Å². The number of benzene rings is 1. The minimum atomic E-state index is -3.34. The van der Waals surface area contributed by atoms with E-state index in [2.05, 4.69) is 10.6 Å². The lowest BCUT2D eigenvalue weighted by Gasteiger charge is -2.17. The van der Waals surface area contributed by atoms with Crippen molar-refractivity contribution in [2.45, 2.75) is 37.8 Å². The van der Waals surface area contributed by atoms with Crippen molar-refractivity contribution in [1.29, 1.82) is 0 Å². The quantitative estimate of drug-likeness (QED) is 0.893. The minimum Gasteiger partial charge on any atom is -0.466 e. The lowest BCUT2D eigenvalue weighted by atomic mass is 10.1. The summed E-state index contributed by atoms with van der Waals surface area (Å²) in [6.07, 6.45) is 0. The van der Waals surface area contributed by atoms with Crippen LogP contribution in [0.2, 0.25) is 0 Å². The first-order valence-electron chi connectivity index (χ1n) is 7.73. The summed E-state index contributed by atoms with van der Waals surface area (Å²) >= 11 is 0. The molecule has 3 rings (SSSR count). The van der Waals surface area contributed by atoms with E-state index in [0.29, 0.717) is 10.5 Å². The Labute approximate surface area is 141 Å². The Kier molecular flexibility index (Phi) is 4.13. The van der Waals surface area contributed by atoms with Crippen LogP contribution in [-0.4, -0.2) is 20.2 Å². The fourth-order valence-electron chi connectivity index (χ4n) is 3.12. The van der Waals surface area contributed by atoms with Gasteiger partial charge in [-0.05, 0) is 38.5 Å². The molecule has 1 aromatic heterocycles. The maximum absolute atomic E-state index is 12.3. The smallest absolute Gasteiger partial charge is 0.315 e. The van der Waals surface area contributed by atoms with Crippen LogP contribution in [0.25, 0.3) is 0 Å². The molecule has 0 fully saturated rings. The van der Waals surface area contributed by atoms with E-state index in [-0.39, 0.29) is 11.8 Å². The van der Waals surface area contributed by atoms with Gasteiger partial charge in [-0.3, -0.25) is 0 Å². The fraction of sp³-hybridized carbons (Fsp3) is 0.353. The first kappa shape index (κ1) is 16.6. The van der Waals surface area contributed by atoms with Gasteiger partial charge in [0.2, 0.25) is 0 Å². The van der Waals surface area contributed by atoms with Crippen molar-refractivity contribution >= 4 is 15.9 Å². The van der Waals surface area contributed by atoms with E-state index in [9.17, 15) is 13.2 Å². The van der Waals surface area contributed by atoms with Gasteiger partial charge < -0.3 is 15.1 Å². The Hall–Kier alpha value is -2.28. The lowest BCUT2D eigenvalue weighted by molar-refractivity contribution is 0.235. The van der Waals surface area contributed by atoms with Gasteiger partial charge in [-0.15, -0.1) is 0 Å². The highest BCUT2D eigenvalue weighted by Gasteiger charge is 2.35. The molecule has 128 valence electrons. The highest BCUT2D eigenvalue weighted by Crippen LogP contribution is 2.33. The molecular formula is C17H20N2O4S. The second kappa shape index (κ2) is 5.98. The number of amides is 2. The van der Waals surface area contributed by atoms with E-state index in [1.807, 2.05) is 26.8 Å². The van der Waals surface area contributed by atoms with Gasteiger partial charge in [0.05, 0.1) is 22.7 Å². The third-order valence-electron chi connectivity index (χ3n) is 4.21. The highest BCUT2D eigenvalue weighted by atomic mass is 32.2. The number of furan rings is 1. The fourth-order valence-corrected chi connectivity index (χ4v) is 4.86. The number of hydrogen-bond acceptors (Lipinski definition) is 4. The molecule has 1 aromatic carbocycles. The first-order chi connectivity index (χ1) is 11.3. The van der Waals surface area contributed by atoms with Crippen molar-refractivity contribution in [1.82, 2.24) is 10.6 Å². The number of carbonyl (C=O) groups is 1. The molecule has 0 spiro atoms. The van der Waals surface area contributed by atoms with Crippen LogP contribution in [0.4, 0.5) is 4.79 Å². The van der Waals surface area contributed by atoms with Gasteiger partial charge in [0.1, 0.15) is 11.5 Å². The van der Waals surface area contributed by atoms with E-state index in [1.54, 1.807) is 24.3 Å². The van der Waals surface area contributed by atoms with Crippen molar-refractivity contribution < 1.29 is 17.6 Å². The van der Waals surface area contributed by atoms with Crippen molar-refractivity contribution in [3.63, 3.8) is 0 Å². The average Bonchev–Trinajstić information content (AvgIpc) is 2.96. The molecule has 7 heteroatoms. The summed E-state index contributed by atoms with van der Waals surface area (Å²) in [5, 5.41) is 5.59. The van der Waals surface area contributed by atoms with Crippen LogP contribution in [0.5, 0.6) is 0 Å². The summed E-state index contributed by atoms with van der Waals surface area (Å²) in [6.45, 7) is 5.55. The number of urea groups is 1. The summed E-state index contributed by atoms with van der Waals surface area (Å²) < 4.78 is 29.8.